The zero-order chi connectivity index (χ0) is 13.3. The normalized spacial score (nSPS) is 14.7. The van der Waals surface area contributed by atoms with Crippen molar-refractivity contribution in [1.82, 2.24) is 5.32 Å². The van der Waals surface area contributed by atoms with Crippen LogP contribution in [-0.4, -0.2) is 23.8 Å². The molecule has 0 bridgehead atoms. The number of guanidine groups is 1. The van der Waals surface area contributed by atoms with Gasteiger partial charge in [-0.1, -0.05) is 0 Å². The summed E-state index contributed by atoms with van der Waals surface area (Å²) in [5.74, 6) is -0.488. The molecule has 0 radical (unpaired) electrons. The van der Waals surface area contributed by atoms with Crippen LogP contribution in [-0.2, 0) is 0 Å². The number of nitrogens with zero attached hydrogens (tertiary/aromatic N) is 1. The number of amides is 2. The number of aliphatic imine (C=N–C) groups is 1. The maximum atomic E-state index is 11.5. The number of nitrogens with two attached hydrogens (primary N) is 1. The van der Waals surface area contributed by atoms with Gasteiger partial charge in [-0.3, -0.25) is 19.9 Å². The van der Waals surface area contributed by atoms with Crippen LogP contribution in [0.5, 0.6) is 0 Å². The molecule has 6 heteroatoms. The van der Waals surface area contributed by atoms with Crippen molar-refractivity contribution in [2.24, 2.45) is 10.7 Å². The van der Waals surface area contributed by atoms with Gasteiger partial charge in [0.15, 0.2) is 5.96 Å². The minimum absolute atomic E-state index is 0.0804. The highest BCUT2D eigenvalue weighted by Gasteiger charge is 2.26. The van der Waals surface area contributed by atoms with Crippen LogP contribution in [0.1, 0.15) is 34.6 Å². The minimum atomic E-state index is -0.391. The summed E-state index contributed by atoms with van der Waals surface area (Å²) in [4.78, 5) is 26.9. The fourth-order valence-electron chi connectivity index (χ4n) is 1.70. The van der Waals surface area contributed by atoms with Gasteiger partial charge < -0.3 is 11.1 Å². The number of hydrogen-bond acceptors (Lipinski definition) is 3. The molecule has 1 heterocycles. The largest absolute Gasteiger partial charge is 0.370 e. The van der Waals surface area contributed by atoms with E-state index in [0.29, 0.717) is 16.8 Å². The van der Waals surface area contributed by atoms with Crippen LogP contribution < -0.4 is 16.4 Å². The van der Waals surface area contributed by atoms with Crippen molar-refractivity contribution >= 4 is 23.5 Å². The fourth-order valence-corrected chi connectivity index (χ4v) is 1.70. The highest BCUT2D eigenvalue weighted by Crippen LogP contribution is 2.20. The van der Waals surface area contributed by atoms with E-state index in [1.54, 1.807) is 18.2 Å². The van der Waals surface area contributed by atoms with Crippen molar-refractivity contribution in [2.45, 2.75) is 19.9 Å². The van der Waals surface area contributed by atoms with Crippen LogP contribution in [0.25, 0.3) is 0 Å². The average molecular weight is 246 g/mol. The Kier molecular flexibility index (Phi) is 3.01. The van der Waals surface area contributed by atoms with Crippen LogP contribution in [0.3, 0.4) is 0 Å². The first-order chi connectivity index (χ1) is 8.47. The smallest absolute Gasteiger partial charge is 0.259 e. The van der Waals surface area contributed by atoms with E-state index >= 15 is 0 Å². The highest BCUT2D eigenvalue weighted by molar-refractivity contribution is 6.22. The lowest BCUT2D eigenvalue weighted by Gasteiger charge is -2.07. The Morgan fingerprint density at radius 1 is 1.28 bits per heavy atom. The molecule has 0 saturated heterocycles. The predicted molar refractivity (Wildman–Crippen MR) is 68.6 cm³/mol. The standard InChI is InChI=1S/C12H14N4O2/c1-6(2)14-12(13)15-7-3-4-8-9(5-7)11(18)16-10(8)17/h3-6H,1-2H3,(H3,13,14,15)(H,16,17,18). The second-order valence-corrected chi connectivity index (χ2v) is 4.28. The summed E-state index contributed by atoms with van der Waals surface area (Å²) in [6, 6.07) is 4.93. The Labute approximate surface area is 104 Å². The van der Waals surface area contributed by atoms with Crippen molar-refractivity contribution in [3.05, 3.63) is 29.3 Å². The molecule has 0 aromatic heterocycles. The van der Waals surface area contributed by atoms with Gasteiger partial charge in [-0.2, -0.15) is 0 Å². The van der Waals surface area contributed by atoms with E-state index in [1.807, 2.05) is 13.8 Å². The van der Waals surface area contributed by atoms with Crippen LogP contribution in [0, 0.1) is 0 Å². The van der Waals surface area contributed by atoms with Gasteiger partial charge in [-0.15, -0.1) is 0 Å². The number of imide groups is 1. The van der Waals surface area contributed by atoms with Gasteiger partial charge in [0, 0.05) is 11.7 Å². The Bertz CT molecular complexity index is 549. The lowest BCUT2D eigenvalue weighted by molar-refractivity contribution is 0.0879. The number of carbonyl (C=O) groups is 2. The molecule has 18 heavy (non-hydrogen) atoms. The number of benzene rings is 1. The molecule has 0 unspecified atom stereocenters. The van der Waals surface area contributed by atoms with E-state index in [4.69, 9.17) is 5.73 Å². The van der Waals surface area contributed by atoms with Crippen LogP contribution >= 0.6 is 0 Å². The first-order valence-corrected chi connectivity index (χ1v) is 5.57. The number of rotatable bonds is 2. The summed E-state index contributed by atoms with van der Waals surface area (Å²) in [7, 11) is 0. The predicted octanol–water partition coefficient (Wildman–Crippen LogP) is 0.705. The molecule has 94 valence electrons. The number of hydrogen-bond donors (Lipinski definition) is 3. The van der Waals surface area contributed by atoms with E-state index in [9.17, 15) is 9.59 Å². The van der Waals surface area contributed by atoms with E-state index in [-0.39, 0.29) is 17.9 Å². The average Bonchev–Trinajstić information content (AvgIpc) is 2.53. The van der Waals surface area contributed by atoms with Crippen LogP contribution in [0.15, 0.2) is 23.2 Å². The molecule has 2 rings (SSSR count). The third-order valence-corrected chi connectivity index (χ3v) is 2.41. The van der Waals surface area contributed by atoms with Crippen molar-refractivity contribution in [2.75, 3.05) is 5.32 Å². The van der Waals surface area contributed by atoms with Gasteiger partial charge in [-0.25, -0.2) is 0 Å². The zero-order valence-corrected chi connectivity index (χ0v) is 10.2. The van der Waals surface area contributed by atoms with Gasteiger partial charge >= 0.3 is 0 Å². The summed E-state index contributed by atoms with van der Waals surface area (Å²) in [6.07, 6.45) is 0. The summed E-state index contributed by atoms with van der Waals surface area (Å²) in [5, 5.41) is 5.10. The van der Waals surface area contributed by atoms with E-state index in [0.717, 1.165) is 0 Å². The summed E-state index contributed by atoms with van der Waals surface area (Å²) in [6.45, 7) is 3.81. The van der Waals surface area contributed by atoms with Crippen molar-refractivity contribution in [3.63, 3.8) is 0 Å². The molecule has 2 amide bonds. The van der Waals surface area contributed by atoms with Gasteiger partial charge in [-0.05, 0) is 32.0 Å². The fraction of sp³-hybridized carbons (Fsp3) is 0.250. The van der Waals surface area contributed by atoms with E-state index < -0.39 is 5.91 Å². The Morgan fingerprint density at radius 3 is 2.61 bits per heavy atom. The van der Waals surface area contributed by atoms with Crippen molar-refractivity contribution < 1.29 is 9.59 Å². The van der Waals surface area contributed by atoms with Crippen molar-refractivity contribution in [1.29, 1.82) is 0 Å². The second kappa shape index (κ2) is 4.48. The molecule has 4 N–H and O–H groups in total. The third-order valence-electron chi connectivity index (χ3n) is 2.41. The summed E-state index contributed by atoms with van der Waals surface area (Å²) < 4.78 is 0. The molecule has 1 aromatic carbocycles. The molecule has 1 aromatic rings. The summed E-state index contributed by atoms with van der Waals surface area (Å²) >= 11 is 0. The lowest BCUT2D eigenvalue weighted by Crippen LogP contribution is -2.24. The molecular formula is C12H14N4O2. The zero-order valence-electron chi connectivity index (χ0n) is 10.2. The molecule has 0 saturated carbocycles. The maximum absolute atomic E-state index is 11.5. The van der Waals surface area contributed by atoms with Crippen molar-refractivity contribution in [3.8, 4) is 0 Å². The Morgan fingerprint density at radius 2 is 1.94 bits per heavy atom. The Hall–Kier alpha value is -2.37. The third kappa shape index (κ3) is 2.32. The van der Waals surface area contributed by atoms with Gasteiger partial charge in [0.1, 0.15) is 0 Å². The molecular weight excluding hydrogens is 232 g/mol. The van der Waals surface area contributed by atoms with Gasteiger partial charge in [0.05, 0.1) is 11.1 Å². The number of carbonyl (C=O) groups excluding carboxylic acids is 2. The maximum Gasteiger partial charge on any atom is 0.259 e. The quantitative estimate of drug-likeness (QED) is 0.406. The van der Waals surface area contributed by atoms with Gasteiger partial charge in [0.25, 0.3) is 11.8 Å². The molecule has 0 aliphatic carbocycles. The van der Waals surface area contributed by atoms with Crippen LogP contribution in [0.2, 0.25) is 0 Å². The molecule has 0 fully saturated rings. The Balaban J connectivity index is 2.25. The molecule has 1 aliphatic rings. The monoisotopic (exact) mass is 246 g/mol. The first-order valence-electron chi connectivity index (χ1n) is 5.57. The molecule has 6 nitrogen and oxygen atoms in total. The van der Waals surface area contributed by atoms with Crippen LogP contribution in [0.4, 0.5) is 5.69 Å². The number of nitrogens with one attached hydrogen (secondary N) is 2. The molecule has 0 spiro atoms. The summed E-state index contributed by atoms with van der Waals surface area (Å²) in [5.41, 5.74) is 7.04. The topological polar surface area (TPSA) is 96.6 Å². The van der Waals surface area contributed by atoms with E-state index in [1.165, 1.54) is 0 Å². The lowest BCUT2D eigenvalue weighted by atomic mass is 10.1. The molecule has 0 atom stereocenters. The SMILES string of the molecule is CC(C)N=C(N)Nc1ccc2c(c1)C(=O)NC2=O. The number of anilines is 1. The first kappa shape index (κ1) is 12.1. The highest BCUT2D eigenvalue weighted by atomic mass is 16.2. The minimum Gasteiger partial charge on any atom is -0.370 e. The number of fused-ring (bicyclic) bond motifs is 1. The second-order valence-electron chi connectivity index (χ2n) is 4.28. The van der Waals surface area contributed by atoms with Gasteiger partial charge in [0.2, 0.25) is 0 Å². The molecule has 1 aliphatic heterocycles. The van der Waals surface area contributed by atoms with E-state index in [2.05, 4.69) is 15.6 Å².